The molecule has 3 heterocycles. The first-order chi connectivity index (χ1) is 4.95. The number of thiophene rings is 1. The van der Waals surface area contributed by atoms with E-state index in [9.17, 15) is 0 Å². The lowest BCUT2D eigenvalue weighted by Crippen LogP contribution is -1.85. The number of hydrogen-bond acceptors (Lipinski definition) is 2. The number of ether oxygens (including phenoxy) is 1. The summed E-state index contributed by atoms with van der Waals surface area (Å²) in [6, 6.07) is 0. The first-order valence-corrected chi connectivity index (χ1v) is 4.29. The first-order valence-electron chi connectivity index (χ1n) is 3.35. The van der Waals surface area contributed by atoms with Crippen LogP contribution in [0.1, 0.15) is 23.3 Å². The van der Waals surface area contributed by atoms with E-state index in [1.165, 1.54) is 11.1 Å². The summed E-state index contributed by atoms with van der Waals surface area (Å²) in [5.74, 6) is 0. The van der Waals surface area contributed by atoms with Crippen LogP contribution in [0.5, 0.6) is 0 Å². The molecule has 1 aromatic heterocycles. The summed E-state index contributed by atoms with van der Waals surface area (Å²) >= 11 is 1.77. The Balaban J connectivity index is 2.30. The Morgan fingerprint density at radius 2 is 1.70 bits per heavy atom. The fraction of sp³-hybridized carbons (Fsp3) is 0.250. The molecule has 1 nitrogen and oxygen atoms in total. The molecular formula is C8H6OS. The predicted molar refractivity (Wildman–Crippen MR) is 40.0 cm³/mol. The maximum atomic E-state index is 5.58. The summed E-state index contributed by atoms with van der Waals surface area (Å²) in [6.07, 6.45) is 4.84. The SMILES string of the molecule is C1=CC2OC1c1cscc12. The van der Waals surface area contributed by atoms with Crippen molar-refractivity contribution in [3.05, 3.63) is 34.0 Å². The van der Waals surface area contributed by atoms with E-state index in [0.717, 1.165) is 0 Å². The van der Waals surface area contributed by atoms with E-state index in [1.54, 1.807) is 11.3 Å². The summed E-state index contributed by atoms with van der Waals surface area (Å²) in [6.45, 7) is 0. The van der Waals surface area contributed by atoms with Gasteiger partial charge in [0.1, 0.15) is 12.2 Å². The molecule has 0 spiro atoms. The van der Waals surface area contributed by atoms with Crippen molar-refractivity contribution in [1.82, 2.24) is 0 Å². The molecule has 10 heavy (non-hydrogen) atoms. The topological polar surface area (TPSA) is 9.23 Å². The van der Waals surface area contributed by atoms with Gasteiger partial charge >= 0.3 is 0 Å². The van der Waals surface area contributed by atoms with Crippen molar-refractivity contribution in [1.29, 1.82) is 0 Å². The third-order valence-corrected chi connectivity index (χ3v) is 2.87. The van der Waals surface area contributed by atoms with Crippen LogP contribution in [-0.4, -0.2) is 0 Å². The number of hydrogen-bond donors (Lipinski definition) is 0. The van der Waals surface area contributed by atoms with Crippen LogP contribution in [0.3, 0.4) is 0 Å². The van der Waals surface area contributed by atoms with Gasteiger partial charge in [-0.15, -0.1) is 0 Å². The van der Waals surface area contributed by atoms with E-state index in [0.29, 0.717) is 0 Å². The number of fused-ring (bicyclic) bond motifs is 5. The van der Waals surface area contributed by atoms with Crippen LogP contribution in [0, 0.1) is 0 Å². The second-order valence-corrected chi connectivity index (χ2v) is 3.39. The minimum atomic E-state index is 0.284. The lowest BCUT2D eigenvalue weighted by Gasteiger charge is -1.97. The number of rotatable bonds is 0. The van der Waals surface area contributed by atoms with Gasteiger partial charge in [-0.3, -0.25) is 0 Å². The van der Waals surface area contributed by atoms with Gasteiger partial charge in [-0.1, -0.05) is 12.2 Å². The van der Waals surface area contributed by atoms with Crippen LogP contribution in [0.2, 0.25) is 0 Å². The molecule has 0 aromatic carbocycles. The Kier molecular flexibility index (Phi) is 0.775. The normalized spacial score (nSPS) is 33.2. The predicted octanol–water partition coefficient (Wildman–Crippen LogP) is 2.43. The zero-order valence-corrected chi connectivity index (χ0v) is 6.10. The second-order valence-electron chi connectivity index (χ2n) is 2.64. The molecule has 0 fully saturated rings. The van der Waals surface area contributed by atoms with Crippen LogP contribution in [0.15, 0.2) is 22.9 Å². The smallest absolute Gasteiger partial charge is 0.103 e. The molecule has 2 bridgehead atoms. The standard InChI is InChI=1S/C8H6OS/c1-2-8-6-4-10-3-5(6)7(1)9-8/h1-4,7-8H. The molecule has 2 aliphatic heterocycles. The van der Waals surface area contributed by atoms with Crippen molar-refractivity contribution in [3.8, 4) is 0 Å². The van der Waals surface area contributed by atoms with E-state index in [-0.39, 0.29) is 12.2 Å². The Morgan fingerprint density at radius 1 is 1.10 bits per heavy atom. The Hall–Kier alpha value is -0.600. The quantitative estimate of drug-likeness (QED) is 0.516. The van der Waals surface area contributed by atoms with Crippen LogP contribution >= 0.6 is 11.3 Å². The van der Waals surface area contributed by atoms with Gasteiger partial charge in [0.25, 0.3) is 0 Å². The van der Waals surface area contributed by atoms with Crippen molar-refractivity contribution >= 4 is 11.3 Å². The van der Waals surface area contributed by atoms with Gasteiger partial charge in [0.2, 0.25) is 0 Å². The fourth-order valence-electron chi connectivity index (χ4n) is 1.58. The van der Waals surface area contributed by atoms with Gasteiger partial charge < -0.3 is 4.74 Å². The Morgan fingerprint density at radius 3 is 2.30 bits per heavy atom. The highest BCUT2D eigenvalue weighted by molar-refractivity contribution is 7.08. The Labute approximate surface area is 62.9 Å². The monoisotopic (exact) mass is 150 g/mol. The van der Waals surface area contributed by atoms with Crippen LogP contribution in [-0.2, 0) is 4.74 Å². The Bertz CT molecular complexity index is 273. The molecule has 2 atom stereocenters. The molecule has 0 N–H and O–H groups in total. The minimum Gasteiger partial charge on any atom is -0.357 e. The lowest BCUT2D eigenvalue weighted by atomic mass is 10.0. The molecule has 2 aliphatic rings. The summed E-state index contributed by atoms with van der Waals surface area (Å²) in [4.78, 5) is 0. The molecule has 3 rings (SSSR count). The average molecular weight is 150 g/mol. The van der Waals surface area contributed by atoms with E-state index < -0.39 is 0 Å². The molecule has 1 aromatic rings. The minimum absolute atomic E-state index is 0.284. The fourth-order valence-corrected chi connectivity index (χ4v) is 2.49. The first kappa shape index (κ1) is 5.10. The van der Waals surface area contributed by atoms with Gasteiger partial charge in [-0.25, -0.2) is 0 Å². The van der Waals surface area contributed by atoms with Crippen molar-refractivity contribution in [2.45, 2.75) is 12.2 Å². The average Bonchev–Trinajstić information content (AvgIpc) is 2.60. The summed E-state index contributed by atoms with van der Waals surface area (Å²) in [5.41, 5.74) is 2.77. The highest BCUT2D eigenvalue weighted by Gasteiger charge is 2.33. The molecule has 0 saturated carbocycles. The van der Waals surface area contributed by atoms with Gasteiger partial charge in [-0.05, 0) is 10.8 Å². The van der Waals surface area contributed by atoms with Gasteiger partial charge in [0.15, 0.2) is 0 Å². The molecule has 0 radical (unpaired) electrons. The maximum absolute atomic E-state index is 5.58. The highest BCUT2D eigenvalue weighted by atomic mass is 32.1. The van der Waals surface area contributed by atoms with E-state index >= 15 is 0 Å². The molecule has 0 aliphatic carbocycles. The summed E-state index contributed by atoms with van der Waals surface area (Å²) < 4.78 is 5.58. The molecular weight excluding hydrogens is 144 g/mol. The van der Waals surface area contributed by atoms with Crippen molar-refractivity contribution in [3.63, 3.8) is 0 Å². The maximum Gasteiger partial charge on any atom is 0.103 e. The largest absolute Gasteiger partial charge is 0.357 e. The highest BCUT2D eigenvalue weighted by Crippen LogP contribution is 2.47. The lowest BCUT2D eigenvalue weighted by molar-refractivity contribution is 0.0878. The van der Waals surface area contributed by atoms with Crippen molar-refractivity contribution < 1.29 is 4.74 Å². The van der Waals surface area contributed by atoms with Gasteiger partial charge in [0.05, 0.1) is 0 Å². The van der Waals surface area contributed by atoms with Crippen molar-refractivity contribution in [2.24, 2.45) is 0 Å². The van der Waals surface area contributed by atoms with Crippen molar-refractivity contribution in [2.75, 3.05) is 0 Å². The zero-order valence-electron chi connectivity index (χ0n) is 5.28. The molecule has 2 unspecified atom stereocenters. The van der Waals surface area contributed by atoms with Gasteiger partial charge in [0, 0.05) is 11.1 Å². The third-order valence-electron chi connectivity index (χ3n) is 2.09. The van der Waals surface area contributed by atoms with E-state index in [2.05, 4.69) is 22.9 Å². The molecule has 2 heteroatoms. The van der Waals surface area contributed by atoms with E-state index in [1.807, 2.05) is 0 Å². The van der Waals surface area contributed by atoms with Gasteiger partial charge in [-0.2, -0.15) is 11.3 Å². The summed E-state index contributed by atoms with van der Waals surface area (Å²) in [5, 5.41) is 4.37. The van der Waals surface area contributed by atoms with Crippen LogP contribution in [0.4, 0.5) is 0 Å². The van der Waals surface area contributed by atoms with Crippen LogP contribution in [0.25, 0.3) is 0 Å². The van der Waals surface area contributed by atoms with E-state index in [4.69, 9.17) is 4.74 Å². The second kappa shape index (κ2) is 1.52. The summed E-state index contributed by atoms with van der Waals surface area (Å²) in [7, 11) is 0. The van der Waals surface area contributed by atoms with Crippen LogP contribution < -0.4 is 0 Å². The zero-order chi connectivity index (χ0) is 6.55. The third kappa shape index (κ3) is 0.435. The molecule has 50 valence electrons. The molecule has 0 saturated heterocycles. The molecule has 0 amide bonds.